The van der Waals surface area contributed by atoms with Crippen LogP contribution >= 0.6 is 0 Å². The van der Waals surface area contributed by atoms with Crippen molar-refractivity contribution in [2.45, 2.75) is 66.2 Å². The molecule has 0 aliphatic rings. The molecule has 0 aliphatic heterocycles. The Morgan fingerprint density at radius 3 is 2.26 bits per heavy atom. The molecule has 0 rings (SSSR count). The quantitative estimate of drug-likeness (QED) is 0.487. The second-order valence-electron chi connectivity index (χ2n) is 5.65. The fourth-order valence-corrected chi connectivity index (χ4v) is 2.11. The molecule has 112 valence electrons. The first-order valence-electron chi connectivity index (χ1n) is 7.27. The molecule has 0 amide bonds. The summed E-state index contributed by atoms with van der Waals surface area (Å²) < 4.78 is 5.29. The van der Waals surface area contributed by atoms with Crippen molar-refractivity contribution >= 4 is 11.9 Å². The lowest BCUT2D eigenvalue weighted by molar-refractivity contribution is -0.163. The third-order valence-electron chi connectivity index (χ3n) is 3.41. The van der Waals surface area contributed by atoms with E-state index in [0.717, 1.165) is 19.3 Å². The maximum atomic E-state index is 12.2. The predicted molar refractivity (Wildman–Crippen MR) is 74.9 cm³/mol. The zero-order valence-corrected chi connectivity index (χ0v) is 12.7. The Labute approximate surface area is 116 Å². The van der Waals surface area contributed by atoms with Crippen LogP contribution in [-0.4, -0.2) is 23.7 Å². The molecule has 0 aliphatic carbocycles. The maximum absolute atomic E-state index is 12.2. The fourth-order valence-electron chi connectivity index (χ4n) is 2.11. The first kappa shape index (κ1) is 17.9. The highest BCUT2D eigenvalue weighted by molar-refractivity contribution is 5.82. The van der Waals surface area contributed by atoms with E-state index < -0.39 is 11.4 Å². The zero-order chi connectivity index (χ0) is 14.9. The van der Waals surface area contributed by atoms with Crippen molar-refractivity contribution in [2.24, 2.45) is 11.3 Å². The van der Waals surface area contributed by atoms with E-state index in [1.54, 1.807) is 0 Å². The molecule has 1 atom stereocenters. The van der Waals surface area contributed by atoms with Gasteiger partial charge in [-0.1, -0.05) is 47.0 Å². The maximum Gasteiger partial charge on any atom is 0.312 e. The van der Waals surface area contributed by atoms with Crippen LogP contribution in [0.15, 0.2) is 0 Å². The largest absolute Gasteiger partial charge is 0.481 e. The van der Waals surface area contributed by atoms with Crippen molar-refractivity contribution in [3.63, 3.8) is 0 Å². The van der Waals surface area contributed by atoms with Crippen molar-refractivity contribution < 1.29 is 19.4 Å². The minimum absolute atomic E-state index is 0.135. The summed E-state index contributed by atoms with van der Waals surface area (Å²) in [6.07, 6.45) is 3.91. The summed E-state index contributed by atoms with van der Waals surface area (Å²) in [6.45, 7) is 8.24. The monoisotopic (exact) mass is 272 g/mol. The Kier molecular flexibility index (Phi) is 8.44. The van der Waals surface area contributed by atoms with E-state index in [-0.39, 0.29) is 18.3 Å². The van der Waals surface area contributed by atoms with Gasteiger partial charge in [0.15, 0.2) is 0 Å². The molecule has 1 unspecified atom stereocenters. The Balaban J connectivity index is 4.77. The summed E-state index contributed by atoms with van der Waals surface area (Å²) in [4.78, 5) is 23.3. The number of unbranched alkanes of at least 4 members (excludes halogenated alkanes) is 2. The van der Waals surface area contributed by atoms with E-state index in [2.05, 4.69) is 6.92 Å². The highest BCUT2D eigenvalue weighted by atomic mass is 16.5. The average molecular weight is 272 g/mol. The number of ether oxygens (including phenoxy) is 1. The van der Waals surface area contributed by atoms with Gasteiger partial charge in [-0.15, -0.1) is 0 Å². The third-order valence-corrected chi connectivity index (χ3v) is 3.41. The summed E-state index contributed by atoms with van der Waals surface area (Å²) in [6, 6.07) is 0. The molecular weight excluding hydrogens is 244 g/mol. The number of carbonyl (C=O) groups excluding carboxylic acids is 1. The number of aliphatic carboxylic acids is 1. The van der Waals surface area contributed by atoms with Crippen molar-refractivity contribution in [3.05, 3.63) is 0 Å². The van der Waals surface area contributed by atoms with Gasteiger partial charge in [0.05, 0.1) is 18.4 Å². The van der Waals surface area contributed by atoms with Gasteiger partial charge in [-0.05, 0) is 18.8 Å². The molecule has 0 saturated carbocycles. The molecule has 4 heteroatoms. The molecule has 0 aromatic carbocycles. The van der Waals surface area contributed by atoms with Crippen LogP contribution in [0.3, 0.4) is 0 Å². The van der Waals surface area contributed by atoms with Gasteiger partial charge in [0.25, 0.3) is 0 Å². The van der Waals surface area contributed by atoms with Gasteiger partial charge in [-0.25, -0.2) is 0 Å². The molecule has 0 heterocycles. The number of carboxylic acid groups (broad SMARTS) is 1. The third kappa shape index (κ3) is 6.60. The van der Waals surface area contributed by atoms with Crippen LogP contribution in [0.2, 0.25) is 0 Å². The van der Waals surface area contributed by atoms with Crippen molar-refractivity contribution in [1.82, 2.24) is 0 Å². The lowest BCUT2D eigenvalue weighted by atomic mass is 9.77. The SMILES string of the molecule is CCCCCC(CC)(CC(=O)O)C(=O)OCC(C)C. The average Bonchev–Trinajstić information content (AvgIpc) is 2.34. The van der Waals surface area contributed by atoms with E-state index in [9.17, 15) is 9.59 Å². The van der Waals surface area contributed by atoms with Gasteiger partial charge in [0, 0.05) is 0 Å². The van der Waals surface area contributed by atoms with Crippen LogP contribution < -0.4 is 0 Å². The summed E-state index contributed by atoms with van der Waals surface area (Å²) in [5.41, 5.74) is -0.851. The smallest absolute Gasteiger partial charge is 0.312 e. The molecule has 0 bridgehead atoms. The highest BCUT2D eigenvalue weighted by Crippen LogP contribution is 2.35. The molecule has 0 radical (unpaired) electrons. The topological polar surface area (TPSA) is 63.6 Å². The van der Waals surface area contributed by atoms with Crippen LogP contribution in [0.5, 0.6) is 0 Å². The van der Waals surface area contributed by atoms with Gasteiger partial charge < -0.3 is 9.84 Å². The standard InChI is InChI=1S/C15H28O4/c1-5-7-8-9-15(6-2,10-13(16)17)14(18)19-11-12(3)4/h12H,5-11H2,1-4H3,(H,16,17). The molecular formula is C15H28O4. The van der Waals surface area contributed by atoms with Gasteiger partial charge in [0.1, 0.15) is 0 Å². The van der Waals surface area contributed by atoms with Crippen molar-refractivity contribution in [2.75, 3.05) is 6.61 Å². The lowest BCUT2D eigenvalue weighted by Gasteiger charge is -2.29. The summed E-state index contributed by atoms with van der Waals surface area (Å²) in [5.74, 6) is -1.01. The summed E-state index contributed by atoms with van der Waals surface area (Å²) in [5, 5.41) is 9.06. The number of hydrogen-bond donors (Lipinski definition) is 1. The van der Waals surface area contributed by atoms with E-state index >= 15 is 0 Å². The number of carbonyl (C=O) groups is 2. The second kappa shape index (κ2) is 8.94. The minimum atomic E-state index is -0.931. The first-order valence-corrected chi connectivity index (χ1v) is 7.27. The van der Waals surface area contributed by atoms with E-state index in [4.69, 9.17) is 9.84 Å². The van der Waals surface area contributed by atoms with Crippen LogP contribution in [0.1, 0.15) is 66.2 Å². The summed E-state index contributed by atoms with van der Waals surface area (Å²) in [7, 11) is 0. The van der Waals surface area contributed by atoms with Crippen LogP contribution in [0.25, 0.3) is 0 Å². The minimum Gasteiger partial charge on any atom is -0.481 e. The molecule has 0 fully saturated rings. The van der Waals surface area contributed by atoms with Crippen LogP contribution in [0.4, 0.5) is 0 Å². The van der Waals surface area contributed by atoms with E-state index in [1.807, 2.05) is 20.8 Å². The Bertz CT molecular complexity index is 286. The Morgan fingerprint density at radius 2 is 1.84 bits per heavy atom. The van der Waals surface area contributed by atoms with Gasteiger partial charge in [-0.3, -0.25) is 9.59 Å². The molecule has 0 spiro atoms. The van der Waals surface area contributed by atoms with Crippen LogP contribution in [-0.2, 0) is 14.3 Å². The van der Waals surface area contributed by atoms with Gasteiger partial charge in [-0.2, -0.15) is 0 Å². The predicted octanol–water partition coefficient (Wildman–Crippen LogP) is 3.64. The highest BCUT2D eigenvalue weighted by Gasteiger charge is 2.40. The van der Waals surface area contributed by atoms with Crippen molar-refractivity contribution in [3.8, 4) is 0 Å². The molecule has 1 N–H and O–H groups in total. The molecule has 4 nitrogen and oxygen atoms in total. The fraction of sp³-hybridized carbons (Fsp3) is 0.867. The number of carboxylic acids is 1. The van der Waals surface area contributed by atoms with E-state index in [0.29, 0.717) is 19.4 Å². The number of hydrogen-bond acceptors (Lipinski definition) is 3. The number of esters is 1. The molecule has 0 aromatic heterocycles. The Hall–Kier alpha value is -1.06. The molecule has 0 saturated heterocycles. The van der Waals surface area contributed by atoms with Gasteiger partial charge in [0.2, 0.25) is 0 Å². The first-order chi connectivity index (χ1) is 8.88. The lowest BCUT2D eigenvalue weighted by Crippen LogP contribution is -2.35. The molecule has 19 heavy (non-hydrogen) atoms. The van der Waals surface area contributed by atoms with Crippen LogP contribution in [0, 0.1) is 11.3 Å². The number of rotatable bonds is 10. The zero-order valence-electron chi connectivity index (χ0n) is 12.7. The Morgan fingerprint density at radius 1 is 1.21 bits per heavy atom. The summed E-state index contributed by atoms with van der Waals surface area (Å²) >= 11 is 0. The van der Waals surface area contributed by atoms with Gasteiger partial charge >= 0.3 is 11.9 Å². The normalized spacial score (nSPS) is 14.2. The van der Waals surface area contributed by atoms with Crippen molar-refractivity contribution in [1.29, 1.82) is 0 Å². The second-order valence-corrected chi connectivity index (χ2v) is 5.65. The van der Waals surface area contributed by atoms with E-state index in [1.165, 1.54) is 0 Å². The molecule has 0 aromatic rings.